The zero-order valence-corrected chi connectivity index (χ0v) is 8.01. The number of halogens is 2. The number of Topliss-reactive ketones (excluding diaryl/α,β-unsaturated/α-hetero) is 1. The number of carbonyl (C=O) groups excluding carboxylic acids is 1. The average Bonchev–Trinajstić information content (AvgIpc) is 2.11. The van der Waals surface area contributed by atoms with Crippen LogP contribution in [0.25, 0.3) is 0 Å². The number of benzene rings is 1. The second kappa shape index (κ2) is 4.39. The normalized spacial score (nSPS) is 10.2. The summed E-state index contributed by atoms with van der Waals surface area (Å²) in [5.74, 6) is -1.48. The third-order valence-electron chi connectivity index (χ3n) is 1.70. The van der Waals surface area contributed by atoms with Gasteiger partial charge in [0.2, 0.25) is 0 Å². The molecule has 0 fully saturated rings. The van der Waals surface area contributed by atoms with Gasteiger partial charge in [-0.15, -0.1) is 0 Å². The van der Waals surface area contributed by atoms with E-state index in [0.29, 0.717) is 0 Å². The Morgan fingerprint density at radius 2 is 2.21 bits per heavy atom. The van der Waals surface area contributed by atoms with Crippen LogP contribution in [0.5, 0.6) is 5.75 Å². The van der Waals surface area contributed by atoms with Crippen LogP contribution in [-0.4, -0.2) is 17.4 Å². The molecule has 0 radical (unpaired) electrons. The average molecular weight is 218 g/mol. The van der Waals surface area contributed by atoms with Gasteiger partial charge >= 0.3 is 0 Å². The first kappa shape index (κ1) is 10.9. The fourth-order valence-electron chi connectivity index (χ4n) is 1.04. The van der Waals surface area contributed by atoms with Gasteiger partial charge in [0.1, 0.15) is 11.6 Å². The third-order valence-corrected chi connectivity index (χ3v) is 1.99. The van der Waals surface area contributed by atoms with Gasteiger partial charge in [-0.05, 0) is 18.7 Å². The highest BCUT2D eigenvalue weighted by molar-refractivity contribution is 6.32. The fourth-order valence-corrected chi connectivity index (χ4v) is 1.25. The van der Waals surface area contributed by atoms with Crippen molar-refractivity contribution in [3.05, 3.63) is 28.5 Å². The SMILES string of the molecule is NCCC(=O)c1cc(F)cc(Cl)c1O. The molecule has 3 N–H and O–H groups in total. The van der Waals surface area contributed by atoms with Crippen molar-refractivity contribution < 1.29 is 14.3 Å². The van der Waals surface area contributed by atoms with Crippen LogP contribution in [0.4, 0.5) is 4.39 Å². The van der Waals surface area contributed by atoms with Gasteiger partial charge in [0.25, 0.3) is 0 Å². The van der Waals surface area contributed by atoms with Crippen molar-refractivity contribution in [1.82, 2.24) is 0 Å². The first-order valence-corrected chi connectivity index (χ1v) is 4.35. The number of rotatable bonds is 3. The van der Waals surface area contributed by atoms with Gasteiger partial charge in [-0.2, -0.15) is 0 Å². The molecule has 1 aromatic carbocycles. The van der Waals surface area contributed by atoms with E-state index in [1.54, 1.807) is 0 Å². The lowest BCUT2D eigenvalue weighted by atomic mass is 10.1. The highest BCUT2D eigenvalue weighted by Crippen LogP contribution is 2.29. The molecule has 0 aliphatic carbocycles. The van der Waals surface area contributed by atoms with Gasteiger partial charge in [0.15, 0.2) is 5.78 Å². The van der Waals surface area contributed by atoms with Gasteiger partial charge in [0.05, 0.1) is 10.6 Å². The molecule has 0 unspecified atom stereocenters. The summed E-state index contributed by atoms with van der Waals surface area (Å²) in [6, 6.07) is 1.88. The molecule has 0 aromatic heterocycles. The zero-order chi connectivity index (χ0) is 10.7. The fraction of sp³-hybridized carbons (Fsp3) is 0.222. The second-order valence-corrected chi connectivity index (χ2v) is 3.15. The van der Waals surface area contributed by atoms with Crippen LogP contribution < -0.4 is 5.73 Å². The highest BCUT2D eigenvalue weighted by Gasteiger charge is 2.14. The second-order valence-electron chi connectivity index (χ2n) is 2.75. The number of hydrogen-bond acceptors (Lipinski definition) is 3. The van der Waals surface area contributed by atoms with E-state index in [1.807, 2.05) is 0 Å². The van der Waals surface area contributed by atoms with Crippen molar-refractivity contribution in [2.75, 3.05) is 6.54 Å². The quantitative estimate of drug-likeness (QED) is 0.758. The monoisotopic (exact) mass is 217 g/mol. The molecule has 14 heavy (non-hydrogen) atoms. The molecule has 3 nitrogen and oxygen atoms in total. The topological polar surface area (TPSA) is 63.3 Å². The third kappa shape index (κ3) is 2.21. The molecule has 0 atom stereocenters. The van der Waals surface area contributed by atoms with Crippen LogP contribution in [0.1, 0.15) is 16.8 Å². The Labute approximate surface area is 85.3 Å². The van der Waals surface area contributed by atoms with E-state index in [9.17, 15) is 14.3 Å². The summed E-state index contributed by atoms with van der Waals surface area (Å²) < 4.78 is 12.8. The van der Waals surface area contributed by atoms with Gasteiger partial charge in [-0.3, -0.25) is 4.79 Å². The molecule has 0 spiro atoms. The summed E-state index contributed by atoms with van der Waals surface area (Å²) >= 11 is 5.49. The standard InChI is InChI=1S/C9H9ClFNO2/c10-7-4-5(11)3-6(9(7)14)8(13)1-2-12/h3-4,14H,1-2,12H2. The molecular weight excluding hydrogens is 209 g/mol. The lowest BCUT2D eigenvalue weighted by molar-refractivity contribution is 0.0982. The summed E-state index contributed by atoms with van der Waals surface area (Å²) in [7, 11) is 0. The zero-order valence-electron chi connectivity index (χ0n) is 7.26. The van der Waals surface area contributed by atoms with E-state index >= 15 is 0 Å². The minimum Gasteiger partial charge on any atom is -0.506 e. The van der Waals surface area contributed by atoms with Crippen LogP contribution in [0.3, 0.4) is 0 Å². The number of phenols is 1. The van der Waals surface area contributed by atoms with Crippen molar-refractivity contribution >= 4 is 17.4 Å². The van der Waals surface area contributed by atoms with Gasteiger partial charge in [-0.25, -0.2) is 4.39 Å². The van der Waals surface area contributed by atoms with Crippen LogP contribution in [0, 0.1) is 5.82 Å². The van der Waals surface area contributed by atoms with E-state index in [2.05, 4.69) is 0 Å². The van der Waals surface area contributed by atoms with Crippen molar-refractivity contribution in [1.29, 1.82) is 0 Å². The first-order valence-electron chi connectivity index (χ1n) is 3.97. The molecule has 0 bridgehead atoms. The van der Waals surface area contributed by atoms with Gasteiger partial charge < -0.3 is 10.8 Å². The minimum atomic E-state index is -0.659. The Kier molecular flexibility index (Phi) is 3.43. The summed E-state index contributed by atoms with van der Waals surface area (Å²) in [4.78, 5) is 11.3. The molecule has 0 aliphatic rings. The maximum absolute atomic E-state index is 12.8. The Morgan fingerprint density at radius 1 is 1.57 bits per heavy atom. The minimum absolute atomic E-state index is 0.0490. The molecule has 0 saturated heterocycles. The molecule has 76 valence electrons. The maximum Gasteiger partial charge on any atom is 0.168 e. The number of phenolic OH excluding ortho intramolecular Hbond substituents is 1. The maximum atomic E-state index is 12.8. The van der Waals surface area contributed by atoms with Crippen molar-refractivity contribution in [3.63, 3.8) is 0 Å². The van der Waals surface area contributed by atoms with Crippen LogP contribution in [0.15, 0.2) is 12.1 Å². The molecule has 5 heteroatoms. The summed E-state index contributed by atoms with van der Waals surface area (Å²) in [6.07, 6.45) is 0.0490. The predicted octanol–water partition coefficient (Wildman–Crippen LogP) is 1.72. The lowest BCUT2D eigenvalue weighted by Gasteiger charge is -2.04. The highest BCUT2D eigenvalue weighted by atomic mass is 35.5. The van der Waals surface area contributed by atoms with Gasteiger partial charge in [0, 0.05) is 6.42 Å². The Hall–Kier alpha value is -1.13. The number of ketones is 1. The molecule has 0 aliphatic heterocycles. The predicted molar refractivity (Wildman–Crippen MR) is 51.1 cm³/mol. The molecule has 0 heterocycles. The Morgan fingerprint density at radius 3 is 2.79 bits per heavy atom. The Balaban J connectivity index is 3.13. The lowest BCUT2D eigenvalue weighted by Crippen LogP contribution is -2.08. The summed E-state index contributed by atoms with van der Waals surface area (Å²) in [5, 5.41) is 9.18. The van der Waals surface area contributed by atoms with Crippen molar-refractivity contribution in [2.45, 2.75) is 6.42 Å². The molecule has 0 amide bonds. The largest absolute Gasteiger partial charge is 0.506 e. The van der Waals surface area contributed by atoms with E-state index in [1.165, 1.54) is 0 Å². The van der Waals surface area contributed by atoms with E-state index < -0.39 is 17.3 Å². The van der Waals surface area contributed by atoms with Crippen LogP contribution >= 0.6 is 11.6 Å². The summed E-state index contributed by atoms with van der Waals surface area (Å²) in [6.45, 7) is 0.145. The molecule has 0 saturated carbocycles. The molecular formula is C9H9ClFNO2. The Bertz CT molecular complexity index is 368. The van der Waals surface area contributed by atoms with Gasteiger partial charge in [-0.1, -0.05) is 11.6 Å². The molecule has 1 aromatic rings. The number of nitrogens with two attached hydrogens (primary N) is 1. The van der Waals surface area contributed by atoms with Crippen LogP contribution in [0.2, 0.25) is 5.02 Å². The van der Waals surface area contributed by atoms with Crippen molar-refractivity contribution in [3.8, 4) is 5.75 Å². The smallest absolute Gasteiger partial charge is 0.168 e. The van der Waals surface area contributed by atoms with E-state index in [0.717, 1.165) is 12.1 Å². The number of aromatic hydroxyl groups is 1. The van der Waals surface area contributed by atoms with E-state index in [4.69, 9.17) is 17.3 Å². The number of carbonyl (C=O) groups is 1. The van der Waals surface area contributed by atoms with Crippen LogP contribution in [-0.2, 0) is 0 Å². The molecule has 1 rings (SSSR count). The summed E-state index contributed by atoms with van der Waals surface area (Å²) in [5.41, 5.74) is 5.04. The van der Waals surface area contributed by atoms with E-state index in [-0.39, 0.29) is 23.6 Å². The first-order chi connectivity index (χ1) is 6.56. The number of hydrogen-bond donors (Lipinski definition) is 2. The van der Waals surface area contributed by atoms with Crippen molar-refractivity contribution in [2.24, 2.45) is 5.73 Å².